The number of ether oxygens (including phenoxy) is 2. The summed E-state index contributed by atoms with van der Waals surface area (Å²) in [7, 11) is 0. The molecule has 2 atom stereocenters. The summed E-state index contributed by atoms with van der Waals surface area (Å²) >= 11 is 1.40. The zero-order valence-electron chi connectivity index (χ0n) is 10.9. The summed E-state index contributed by atoms with van der Waals surface area (Å²) in [5.74, 6) is -1.90. The van der Waals surface area contributed by atoms with Crippen molar-refractivity contribution < 1.29 is 19.4 Å². The fourth-order valence-corrected chi connectivity index (χ4v) is 3.20. The summed E-state index contributed by atoms with van der Waals surface area (Å²) in [6.45, 7) is 7.11. The lowest BCUT2D eigenvalue weighted by molar-refractivity contribution is -0.185. The van der Waals surface area contributed by atoms with Crippen molar-refractivity contribution in [1.82, 2.24) is 4.98 Å². The molecule has 1 aromatic heterocycles. The van der Waals surface area contributed by atoms with Crippen molar-refractivity contribution in [3.63, 3.8) is 0 Å². The first kappa shape index (κ1) is 13.5. The van der Waals surface area contributed by atoms with Crippen molar-refractivity contribution in [2.24, 2.45) is 0 Å². The highest BCUT2D eigenvalue weighted by atomic mass is 32.1. The second kappa shape index (κ2) is 4.29. The molecular formula is C12H17NO4S. The molecule has 0 amide bonds. The van der Waals surface area contributed by atoms with Crippen molar-refractivity contribution in [3.8, 4) is 0 Å². The average Bonchev–Trinajstić information content (AvgIpc) is 2.79. The molecule has 0 aromatic carbocycles. The minimum Gasteiger partial charge on any atom is -0.479 e. The second-order valence-electron chi connectivity index (χ2n) is 4.85. The third kappa shape index (κ3) is 1.94. The average molecular weight is 271 g/mol. The molecular weight excluding hydrogens is 254 g/mol. The summed E-state index contributed by atoms with van der Waals surface area (Å²) in [5, 5.41) is 9.54. The molecule has 5 nitrogen and oxygen atoms in total. The Balaban J connectivity index is 2.50. The number of hydrogen-bond acceptors (Lipinski definition) is 5. The summed E-state index contributed by atoms with van der Waals surface area (Å²) in [5.41, 5.74) is 1.16. The SMILES string of the molecule is CC[C@@]1(C(=O)O)OC(C)(C)O[C@H]1c1scnc1C. The van der Waals surface area contributed by atoms with Crippen LogP contribution in [0, 0.1) is 6.92 Å². The largest absolute Gasteiger partial charge is 0.479 e. The van der Waals surface area contributed by atoms with E-state index in [4.69, 9.17) is 9.47 Å². The molecule has 1 aliphatic rings. The van der Waals surface area contributed by atoms with E-state index in [0.717, 1.165) is 10.6 Å². The van der Waals surface area contributed by atoms with Gasteiger partial charge in [0.25, 0.3) is 0 Å². The summed E-state index contributed by atoms with van der Waals surface area (Å²) in [6.07, 6.45) is -0.268. The van der Waals surface area contributed by atoms with Crippen LogP contribution in [0.4, 0.5) is 0 Å². The lowest BCUT2D eigenvalue weighted by Gasteiger charge is -2.26. The molecule has 1 aromatic rings. The van der Waals surface area contributed by atoms with E-state index in [0.29, 0.717) is 6.42 Å². The van der Waals surface area contributed by atoms with Crippen molar-refractivity contribution in [3.05, 3.63) is 16.1 Å². The smallest absolute Gasteiger partial charge is 0.339 e. The van der Waals surface area contributed by atoms with Crippen LogP contribution in [-0.4, -0.2) is 27.4 Å². The van der Waals surface area contributed by atoms with Crippen LogP contribution >= 0.6 is 11.3 Å². The first-order valence-corrected chi connectivity index (χ1v) is 6.72. The molecule has 1 N–H and O–H groups in total. The Morgan fingerprint density at radius 2 is 2.28 bits per heavy atom. The number of carboxylic acids is 1. The van der Waals surface area contributed by atoms with E-state index in [1.807, 2.05) is 6.92 Å². The van der Waals surface area contributed by atoms with Crippen LogP contribution in [0.3, 0.4) is 0 Å². The van der Waals surface area contributed by atoms with E-state index in [2.05, 4.69) is 4.98 Å². The zero-order valence-corrected chi connectivity index (χ0v) is 11.7. The Morgan fingerprint density at radius 3 is 2.72 bits per heavy atom. The maximum absolute atomic E-state index is 11.6. The fourth-order valence-electron chi connectivity index (χ4n) is 2.29. The van der Waals surface area contributed by atoms with Crippen LogP contribution < -0.4 is 0 Å². The number of rotatable bonds is 3. The molecule has 1 saturated heterocycles. The molecule has 0 spiro atoms. The maximum atomic E-state index is 11.6. The third-order valence-electron chi connectivity index (χ3n) is 3.16. The molecule has 18 heavy (non-hydrogen) atoms. The van der Waals surface area contributed by atoms with Gasteiger partial charge < -0.3 is 14.6 Å². The van der Waals surface area contributed by atoms with Crippen LogP contribution in [0.15, 0.2) is 5.51 Å². The Hall–Kier alpha value is -0.980. The van der Waals surface area contributed by atoms with Gasteiger partial charge in [-0.1, -0.05) is 6.92 Å². The van der Waals surface area contributed by atoms with Crippen molar-refractivity contribution in [1.29, 1.82) is 0 Å². The van der Waals surface area contributed by atoms with E-state index in [-0.39, 0.29) is 0 Å². The first-order valence-electron chi connectivity index (χ1n) is 5.84. The quantitative estimate of drug-likeness (QED) is 0.914. The van der Waals surface area contributed by atoms with E-state index in [9.17, 15) is 9.90 Å². The number of carbonyl (C=O) groups is 1. The third-order valence-corrected chi connectivity index (χ3v) is 4.14. The van der Waals surface area contributed by atoms with Crippen molar-refractivity contribution in [2.75, 3.05) is 0 Å². The van der Waals surface area contributed by atoms with Gasteiger partial charge >= 0.3 is 5.97 Å². The number of aryl methyl sites for hydroxylation is 1. The van der Waals surface area contributed by atoms with Crippen molar-refractivity contribution in [2.45, 2.75) is 51.6 Å². The molecule has 0 radical (unpaired) electrons. The topological polar surface area (TPSA) is 68.7 Å². The molecule has 0 bridgehead atoms. The highest BCUT2D eigenvalue weighted by Gasteiger charge is 2.59. The maximum Gasteiger partial charge on any atom is 0.339 e. The number of aromatic nitrogens is 1. The van der Waals surface area contributed by atoms with Crippen LogP contribution in [0.25, 0.3) is 0 Å². The van der Waals surface area contributed by atoms with Crippen LogP contribution in [0.2, 0.25) is 0 Å². The van der Waals surface area contributed by atoms with Crippen LogP contribution in [-0.2, 0) is 14.3 Å². The Bertz CT molecular complexity index is 470. The standard InChI is InChI=1S/C12H17NO4S/c1-5-12(10(14)15)9(16-11(3,4)17-12)8-7(2)13-6-18-8/h6,9H,5H2,1-4H3,(H,14,15)/t9-,12+/m0/s1. The summed E-state index contributed by atoms with van der Waals surface area (Å²) < 4.78 is 11.5. The number of hydrogen-bond donors (Lipinski definition) is 1. The molecule has 2 heterocycles. The number of aliphatic carboxylic acids is 1. The van der Waals surface area contributed by atoms with E-state index >= 15 is 0 Å². The van der Waals surface area contributed by atoms with Gasteiger partial charge in [0, 0.05) is 0 Å². The Morgan fingerprint density at radius 1 is 1.61 bits per heavy atom. The van der Waals surface area contributed by atoms with E-state index in [1.165, 1.54) is 11.3 Å². The van der Waals surface area contributed by atoms with Gasteiger partial charge in [-0.15, -0.1) is 11.3 Å². The van der Waals surface area contributed by atoms with Gasteiger partial charge in [0.05, 0.1) is 16.1 Å². The van der Waals surface area contributed by atoms with Gasteiger partial charge in [-0.05, 0) is 27.2 Å². The molecule has 100 valence electrons. The second-order valence-corrected chi connectivity index (χ2v) is 5.74. The number of thiazole rings is 1. The normalized spacial score (nSPS) is 30.6. The van der Waals surface area contributed by atoms with Crippen LogP contribution in [0.1, 0.15) is 43.9 Å². The Kier molecular flexibility index (Phi) is 3.21. The van der Waals surface area contributed by atoms with E-state index < -0.39 is 23.5 Å². The molecule has 0 aliphatic carbocycles. The van der Waals surface area contributed by atoms with Gasteiger partial charge in [0.2, 0.25) is 0 Å². The number of carboxylic acid groups (broad SMARTS) is 1. The predicted octanol–water partition coefficient (Wildman–Crippen LogP) is 2.51. The van der Waals surface area contributed by atoms with Gasteiger partial charge in [-0.25, -0.2) is 9.78 Å². The van der Waals surface area contributed by atoms with Gasteiger partial charge in [-0.2, -0.15) is 0 Å². The van der Waals surface area contributed by atoms with Gasteiger partial charge in [-0.3, -0.25) is 0 Å². The molecule has 1 aliphatic heterocycles. The summed E-state index contributed by atoms with van der Waals surface area (Å²) in [6, 6.07) is 0. The van der Waals surface area contributed by atoms with Crippen LogP contribution in [0.5, 0.6) is 0 Å². The monoisotopic (exact) mass is 271 g/mol. The molecule has 6 heteroatoms. The minimum atomic E-state index is -1.33. The highest BCUT2D eigenvalue weighted by Crippen LogP contribution is 2.49. The first-order chi connectivity index (χ1) is 8.32. The molecule has 2 rings (SSSR count). The molecule has 0 unspecified atom stereocenters. The fraction of sp³-hybridized carbons (Fsp3) is 0.667. The zero-order chi connectivity index (χ0) is 13.6. The number of nitrogens with zero attached hydrogens (tertiary/aromatic N) is 1. The Labute approximate surface area is 110 Å². The molecule has 1 fully saturated rings. The lowest BCUT2D eigenvalue weighted by atomic mass is 9.92. The predicted molar refractivity (Wildman–Crippen MR) is 66.5 cm³/mol. The summed E-state index contributed by atoms with van der Waals surface area (Å²) in [4.78, 5) is 16.6. The van der Waals surface area contributed by atoms with Crippen molar-refractivity contribution >= 4 is 17.3 Å². The lowest BCUT2D eigenvalue weighted by Crippen LogP contribution is -2.43. The van der Waals surface area contributed by atoms with Gasteiger partial charge in [0.15, 0.2) is 11.4 Å². The van der Waals surface area contributed by atoms with Gasteiger partial charge in [0.1, 0.15) is 6.10 Å². The van der Waals surface area contributed by atoms with E-state index in [1.54, 1.807) is 26.3 Å². The highest BCUT2D eigenvalue weighted by molar-refractivity contribution is 7.09. The minimum absolute atomic E-state index is 0.341. The molecule has 0 saturated carbocycles.